The van der Waals surface area contributed by atoms with Crippen LogP contribution in [0.25, 0.3) is 6.08 Å². The predicted octanol–water partition coefficient (Wildman–Crippen LogP) is 3.89. The van der Waals surface area contributed by atoms with E-state index in [-0.39, 0.29) is 17.2 Å². The summed E-state index contributed by atoms with van der Waals surface area (Å²) >= 11 is 1.64. The minimum absolute atomic E-state index is 0.00455. The average Bonchev–Trinajstić information content (AvgIpc) is 2.89. The standard InChI is InChI=1S/C17H12FNO2S/c1-22-12-8-6-11(7-9-12)10-15-17(20)21-16(19-15)13-4-2-3-5-14(13)18/h2-10H,1H3/b15-10+. The molecule has 110 valence electrons. The first-order valence-electron chi connectivity index (χ1n) is 6.59. The molecule has 0 radical (unpaired) electrons. The number of ether oxygens (including phenoxy) is 1. The van der Waals surface area contributed by atoms with Crippen LogP contribution in [0.5, 0.6) is 0 Å². The van der Waals surface area contributed by atoms with Gasteiger partial charge in [0.25, 0.3) is 0 Å². The lowest BCUT2D eigenvalue weighted by atomic mass is 10.2. The van der Waals surface area contributed by atoms with Crippen LogP contribution in [0.2, 0.25) is 0 Å². The zero-order valence-electron chi connectivity index (χ0n) is 11.7. The number of hydrogen-bond donors (Lipinski definition) is 0. The Kier molecular flexibility index (Phi) is 4.06. The summed E-state index contributed by atoms with van der Waals surface area (Å²) in [5.41, 5.74) is 1.18. The molecule has 1 heterocycles. The van der Waals surface area contributed by atoms with Gasteiger partial charge in [-0.1, -0.05) is 24.3 Å². The van der Waals surface area contributed by atoms with Crippen molar-refractivity contribution in [3.63, 3.8) is 0 Å². The molecule has 0 spiro atoms. The summed E-state index contributed by atoms with van der Waals surface area (Å²) in [5, 5.41) is 0. The fraction of sp³-hybridized carbons (Fsp3) is 0.0588. The van der Waals surface area contributed by atoms with Crippen LogP contribution in [0.4, 0.5) is 4.39 Å². The van der Waals surface area contributed by atoms with E-state index in [0.29, 0.717) is 0 Å². The van der Waals surface area contributed by atoms with Crippen LogP contribution < -0.4 is 0 Å². The fourth-order valence-corrected chi connectivity index (χ4v) is 2.43. The van der Waals surface area contributed by atoms with Crippen molar-refractivity contribution in [2.45, 2.75) is 4.90 Å². The number of cyclic esters (lactones) is 1. The van der Waals surface area contributed by atoms with Crippen LogP contribution in [0.1, 0.15) is 11.1 Å². The van der Waals surface area contributed by atoms with Gasteiger partial charge in [0, 0.05) is 4.90 Å². The number of rotatable bonds is 3. The van der Waals surface area contributed by atoms with E-state index in [4.69, 9.17) is 4.74 Å². The summed E-state index contributed by atoms with van der Waals surface area (Å²) in [4.78, 5) is 17.1. The van der Waals surface area contributed by atoms with Gasteiger partial charge in [0.15, 0.2) is 5.70 Å². The second-order valence-electron chi connectivity index (χ2n) is 4.59. The molecule has 0 atom stereocenters. The topological polar surface area (TPSA) is 38.7 Å². The second-order valence-corrected chi connectivity index (χ2v) is 5.47. The number of aliphatic imine (C=N–C) groups is 1. The molecule has 5 heteroatoms. The largest absolute Gasteiger partial charge is 0.402 e. The van der Waals surface area contributed by atoms with E-state index in [2.05, 4.69) is 4.99 Å². The highest BCUT2D eigenvalue weighted by Gasteiger charge is 2.25. The van der Waals surface area contributed by atoms with E-state index in [9.17, 15) is 9.18 Å². The fourth-order valence-electron chi connectivity index (χ4n) is 2.02. The Balaban J connectivity index is 1.92. The Bertz CT molecular complexity index is 782. The van der Waals surface area contributed by atoms with Gasteiger partial charge < -0.3 is 4.74 Å². The van der Waals surface area contributed by atoms with Crippen molar-refractivity contribution in [3.8, 4) is 0 Å². The van der Waals surface area contributed by atoms with Gasteiger partial charge >= 0.3 is 5.97 Å². The number of halogens is 1. The molecule has 0 N–H and O–H groups in total. The molecule has 0 aromatic heterocycles. The molecule has 0 bridgehead atoms. The number of esters is 1. The molecule has 3 nitrogen and oxygen atoms in total. The lowest BCUT2D eigenvalue weighted by molar-refractivity contribution is -0.129. The third-order valence-corrected chi connectivity index (χ3v) is 3.89. The molecule has 1 aliphatic rings. The molecule has 0 aliphatic carbocycles. The maximum atomic E-state index is 13.7. The Morgan fingerprint density at radius 3 is 2.55 bits per heavy atom. The molecule has 2 aromatic rings. The number of carbonyl (C=O) groups is 1. The normalized spacial score (nSPS) is 15.8. The molecule has 0 saturated carbocycles. The highest BCUT2D eigenvalue weighted by Crippen LogP contribution is 2.22. The molecule has 2 aromatic carbocycles. The quantitative estimate of drug-likeness (QED) is 0.490. The van der Waals surface area contributed by atoms with Crippen molar-refractivity contribution in [2.24, 2.45) is 4.99 Å². The third kappa shape index (κ3) is 2.94. The second kappa shape index (κ2) is 6.15. The number of hydrogen-bond acceptors (Lipinski definition) is 4. The number of nitrogens with zero attached hydrogens (tertiary/aromatic N) is 1. The number of benzene rings is 2. The first-order valence-corrected chi connectivity index (χ1v) is 7.81. The molecule has 0 unspecified atom stereocenters. The van der Waals surface area contributed by atoms with E-state index in [1.165, 1.54) is 12.1 Å². The van der Waals surface area contributed by atoms with Crippen molar-refractivity contribution < 1.29 is 13.9 Å². The summed E-state index contributed by atoms with van der Waals surface area (Å²) in [6, 6.07) is 13.8. The van der Waals surface area contributed by atoms with Crippen molar-refractivity contribution in [3.05, 3.63) is 71.2 Å². The number of thioether (sulfide) groups is 1. The van der Waals surface area contributed by atoms with Gasteiger partial charge in [-0.2, -0.15) is 0 Å². The first kappa shape index (κ1) is 14.5. The van der Waals surface area contributed by atoms with Crippen molar-refractivity contribution in [1.82, 2.24) is 0 Å². The Morgan fingerprint density at radius 1 is 1.14 bits per heavy atom. The highest BCUT2D eigenvalue weighted by atomic mass is 32.2. The van der Waals surface area contributed by atoms with E-state index >= 15 is 0 Å². The maximum Gasteiger partial charge on any atom is 0.363 e. The predicted molar refractivity (Wildman–Crippen MR) is 85.2 cm³/mol. The zero-order chi connectivity index (χ0) is 15.5. The monoisotopic (exact) mass is 313 g/mol. The van der Waals surface area contributed by atoms with Crippen LogP contribution in [0.15, 0.2) is 64.1 Å². The zero-order valence-corrected chi connectivity index (χ0v) is 12.6. The van der Waals surface area contributed by atoms with Crippen molar-refractivity contribution in [1.29, 1.82) is 0 Å². The molecule has 3 rings (SSSR count). The highest BCUT2D eigenvalue weighted by molar-refractivity contribution is 7.98. The van der Waals surface area contributed by atoms with Crippen LogP contribution in [0, 0.1) is 5.82 Å². The summed E-state index contributed by atoms with van der Waals surface area (Å²) in [6.45, 7) is 0. The van der Waals surface area contributed by atoms with E-state index in [1.807, 2.05) is 30.5 Å². The summed E-state index contributed by atoms with van der Waals surface area (Å²) in [5.74, 6) is -1.05. The van der Waals surface area contributed by atoms with Gasteiger partial charge in [0.05, 0.1) is 5.56 Å². The van der Waals surface area contributed by atoms with E-state index in [1.54, 1.807) is 30.0 Å². The summed E-state index contributed by atoms with van der Waals surface area (Å²) in [6.07, 6.45) is 3.62. The van der Waals surface area contributed by atoms with Gasteiger partial charge in [0.1, 0.15) is 5.82 Å². The van der Waals surface area contributed by atoms with Gasteiger partial charge in [-0.15, -0.1) is 11.8 Å². The molecule has 0 amide bonds. The Hall–Kier alpha value is -2.40. The van der Waals surface area contributed by atoms with E-state index in [0.717, 1.165) is 10.5 Å². The van der Waals surface area contributed by atoms with Gasteiger partial charge in [-0.05, 0) is 42.2 Å². The Labute approximate surface area is 131 Å². The molecule has 22 heavy (non-hydrogen) atoms. The molecular weight excluding hydrogens is 301 g/mol. The van der Waals surface area contributed by atoms with Gasteiger partial charge in [-0.25, -0.2) is 14.2 Å². The maximum absolute atomic E-state index is 13.7. The molecular formula is C17H12FNO2S. The smallest absolute Gasteiger partial charge is 0.363 e. The molecule has 0 fully saturated rings. The minimum Gasteiger partial charge on any atom is -0.402 e. The Morgan fingerprint density at radius 2 is 1.86 bits per heavy atom. The van der Waals surface area contributed by atoms with Crippen LogP contribution in [0.3, 0.4) is 0 Å². The lowest BCUT2D eigenvalue weighted by Crippen LogP contribution is -2.07. The van der Waals surface area contributed by atoms with Crippen LogP contribution in [-0.2, 0) is 9.53 Å². The van der Waals surface area contributed by atoms with Crippen molar-refractivity contribution in [2.75, 3.05) is 6.26 Å². The summed E-state index contributed by atoms with van der Waals surface area (Å²) in [7, 11) is 0. The van der Waals surface area contributed by atoms with Crippen molar-refractivity contribution >= 4 is 29.7 Å². The average molecular weight is 313 g/mol. The number of carbonyl (C=O) groups excluding carboxylic acids is 1. The van der Waals surface area contributed by atoms with Gasteiger partial charge in [-0.3, -0.25) is 0 Å². The van der Waals surface area contributed by atoms with E-state index < -0.39 is 11.8 Å². The summed E-state index contributed by atoms with van der Waals surface area (Å²) < 4.78 is 18.8. The lowest BCUT2D eigenvalue weighted by Gasteiger charge is -1.99. The minimum atomic E-state index is -0.577. The SMILES string of the molecule is CSc1ccc(/C=C2/N=C(c3ccccc3F)OC2=O)cc1. The molecule has 0 saturated heterocycles. The van der Waals surface area contributed by atoms with Crippen LogP contribution in [-0.4, -0.2) is 18.1 Å². The molecule has 1 aliphatic heterocycles. The van der Waals surface area contributed by atoms with Crippen LogP contribution >= 0.6 is 11.8 Å². The third-order valence-electron chi connectivity index (χ3n) is 3.14. The van der Waals surface area contributed by atoms with Gasteiger partial charge in [0.2, 0.25) is 5.90 Å². The first-order chi connectivity index (χ1) is 10.7.